The lowest BCUT2D eigenvalue weighted by molar-refractivity contribution is 0.103. The second-order valence-electron chi connectivity index (χ2n) is 8.19. The number of fused-ring (bicyclic) bond motifs is 1. The van der Waals surface area contributed by atoms with E-state index in [-0.39, 0.29) is 51.4 Å². The Labute approximate surface area is 217 Å². The summed E-state index contributed by atoms with van der Waals surface area (Å²) in [5.41, 5.74) is -0.446. The van der Waals surface area contributed by atoms with E-state index in [9.17, 15) is 20.0 Å². The van der Waals surface area contributed by atoms with Gasteiger partial charge in [-0.05, 0) is 48.7 Å². The predicted octanol–water partition coefficient (Wildman–Crippen LogP) is 5.23. The number of aromatic nitrogens is 1. The zero-order valence-corrected chi connectivity index (χ0v) is 21.1. The van der Waals surface area contributed by atoms with Gasteiger partial charge >= 0.3 is 0 Å². The van der Waals surface area contributed by atoms with Crippen molar-refractivity contribution in [2.45, 2.75) is 33.2 Å². The quantitative estimate of drug-likeness (QED) is 0.314. The van der Waals surface area contributed by atoms with Gasteiger partial charge in [0.2, 0.25) is 12.7 Å². The molecule has 0 saturated carbocycles. The average Bonchev–Trinajstić information content (AvgIpc) is 3.31. The molecule has 2 aromatic carbocycles. The third-order valence-electron chi connectivity index (χ3n) is 5.81. The minimum Gasteiger partial charge on any atom is -0.494 e. The van der Waals surface area contributed by atoms with Gasteiger partial charge in [-0.25, -0.2) is 0 Å². The number of nitrogens with zero attached hydrogens (tertiary/aromatic N) is 2. The fourth-order valence-electron chi connectivity index (χ4n) is 3.88. The number of hydrogen-bond donors (Lipinski definition) is 1. The molecule has 0 unspecified atom stereocenters. The molecule has 4 rings (SSSR count). The van der Waals surface area contributed by atoms with Gasteiger partial charge in [-0.15, -0.1) is 0 Å². The van der Waals surface area contributed by atoms with Crippen LogP contribution in [0.2, 0.25) is 10.0 Å². The molecule has 8 nitrogen and oxygen atoms in total. The second-order valence-corrected chi connectivity index (χ2v) is 9.00. The number of aromatic hydroxyl groups is 1. The third kappa shape index (κ3) is 4.72. The van der Waals surface area contributed by atoms with Gasteiger partial charge in [0, 0.05) is 5.56 Å². The largest absolute Gasteiger partial charge is 0.494 e. The molecule has 2 heterocycles. The molecule has 1 N–H and O–H groups in total. The van der Waals surface area contributed by atoms with Crippen LogP contribution in [0.25, 0.3) is 0 Å². The zero-order chi connectivity index (χ0) is 26.0. The Morgan fingerprint density at radius 1 is 1.19 bits per heavy atom. The maximum atomic E-state index is 13.5. The molecule has 3 aromatic rings. The highest BCUT2D eigenvalue weighted by Gasteiger charge is 2.26. The summed E-state index contributed by atoms with van der Waals surface area (Å²) >= 11 is 12.7. The Morgan fingerprint density at radius 2 is 1.89 bits per heavy atom. The fraction of sp³-hybridized carbons (Fsp3) is 0.269. The average molecular weight is 529 g/mol. The first-order valence-corrected chi connectivity index (χ1v) is 11.9. The molecule has 0 atom stereocenters. The SMILES string of the molecule is CCCCOc1c(Cl)cc(C(=O)c2c(C)c(C#N)c(=O)n(Cc3ccc4c(c3)OCO4)c2O)cc1Cl. The molecule has 0 amide bonds. The van der Waals surface area contributed by atoms with E-state index in [0.717, 1.165) is 17.4 Å². The van der Waals surface area contributed by atoms with Crippen LogP contribution in [0.3, 0.4) is 0 Å². The Kier molecular flexibility index (Phi) is 7.43. The van der Waals surface area contributed by atoms with Gasteiger partial charge in [0.1, 0.15) is 11.6 Å². The third-order valence-corrected chi connectivity index (χ3v) is 6.37. The molecule has 10 heteroatoms. The first kappa shape index (κ1) is 25.4. The molecule has 0 spiro atoms. The summed E-state index contributed by atoms with van der Waals surface area (Å²) in [5, 5.41) is 21.0. The number of ether oxygens (including phenoxy) is 3. The zero-order valence-electron chi connectivity index (χ0n) is 19.6. The smallest absolute Gasteiger partial charge is 0.271 e. The lowest BCUT2D eigenvalue weighted by Gasteiger charge is -2.17. The summed E-state index contributed by atoms with van der Waals surface area (Å²) in [6.45, 7) is 3.84. The summed E-state index contributed by atoms with van der Waals surface area (Å²) in [6.07, 6.45) is 1.73. The number of halogens is 2. The van der Waals surface area contributed by atoms with Crippen LogP contribution in [-0.4, -0.2) is 28.9 Å². The van der Waals surface area contributed by atoms with Crippen molar-refractivity contribution in [1.82, 2.24) is 4.57 Å². The number of carbonyl (C=O) groups excluding carboxylic acids is 1. The molecular weight excluding hydrogens is 507 g/mol. The number of ketones is 1. The van der Waals surface area contributed by atoms with E-state index in [4.69, 9.17) is 37.4 Å². The maximum Gasteiger partial charge on any atom is 0.271 e. The Balaban J connectivity index is 1.77. The number of unbranched alkanes of at least 4 members (excludes halogenated alkanes) is 1. The van der Waals surface area contributed by atoms with Crippen molar-refractivity contribution in [3.8, 4) is 29.2 Å². The van der Waals surface area contributed by atoms with Gasteiger partial charge < -0.3 is 19.3 Å². The Hall–Kier alpha value is -3.67. The van der Waals surface area contributed by atoms with E-state index in [2.05, 4.69) is 0 Å². The van der Waals surface area contributed by atoms with Crippen molar-refractivity contribution in [2.75, 3.05) is 13.4 Å². The minimum atomic E-state index is -0.725. The van der Waals surface area contributed by atoms with Crippen LogP contribution in [0.5, 0.6) is 23.1 Å². The fourth-order valence-corrected chi connectivity index (χ4v) is 4.48. The van der Waals surface area contributed by atoms with Crippen LogP contribution < -0.4 is 19.8 Å². The molecule has 1 aliphatic heterocycles. The van der Waals surface area contributed by atoms with Crippen molar-refractivity contribution in [3.63, 3.8) is 0 Å². The molecule has 0 radical (unpaired) electrons. The second kappa shape index (κ2) is 10.5. The molecule has 0 aliphatic carbocycles. The van der Waals surface area contributed by atoms with Gasteiger partial charge in [0.25, 0.3) is 5.56 Å². The van der Waals surface area contributed by atoms with Crippen molar-refractivity contribution in [1.29, 1.82) is 5.26 Å². The predicted molar refractivity (Wildman–Crippen MR) is 134 cm³/mol. The standard InChI is InChI=1S/C26H22Cl2N2O6/c1-3-4-7-34-24-18(27)9-16(10-19(24)28)23(31)22-14(2)17(11-29)25(32)30(26(22)33)12-15-5-6-20-21(8-15)36-13-35-20/h5-6,8-10,33H,3-4,7,12-13H2,1-2H3. The highest BCUT2D eigenvalue weighted by Crippen LogP contribution is 2.37. The van der Waals surface area contributed by atoms with Gasteiger partial charge in [-0.2, -0.15) is 5.26 Å². The van der Waals surface area contributed by atoms with E-state index in [1.54, 1.807) is 18.2 Å². The number of pyridine rings is 1. The van der Waals surface area contributed by atoms with E-state index in [1.165, 1.54) is 19.1 Å². The molecule has 36 heavy (non-hydrogen) atoms. The van der Waals surface area contributed by atoms with Crippen LogP contribution in [0.4, 0.5) is 0 Å². The molecule has 186 valence electrons. The van der Waals surface area contributed by atoms with Crippen LogP contribution >= 0.6 is 23.2 Å². The monoisotopic (exact) mass is 528 g/mol. The molecule has 1 aromatic heterocycles. The topological polar surface area (TPSA) is 111 Å². The van der Waals surface area contributed by atoms with Crippen molar-refractivity contribution in [2.24, 2.45) is 0 Å². The number of nitriles is 1. The number of benzene rings is 2. The maximum absolute atomic E-state index is 13.5. The van der Waals surface area contributed by atoms with Gasteiger partial charge in [-0.3, -0.25) is 14.2 Å². The summed E-state index contributed by atoms with van der Waals surface area (Å²) in [7, 11) is 0. The molecule has 0 bridgehead atoms. The number of hydrogen-bond acceptors (Lipinski definition) is 7. The number of rotatable bonds is 8. The van der Waals surface area contributed by atoms with Crippen LogP contribution in [-0.2, 0) is 6.54 Å². The summed E-state index contributed by atoms with van der Waals surface area (Å²) in [6, 6.07) is 9.66. The van der Waals surface area contributed by atoms with Gasteiger partial charge in [0.05, 0.1) is 28.8 Å². The lowest BCUT2D eigenvalue weighted by Crippen LogP contribution is -2.27. The van der Waals surface area contributed by atoms with Crippen LogP contribution in [0, 0.1) is 18.3 Å². The van der Waals surface area contributed by atoms with E-state index >= 15 is 0 Å². The molecular formula is C26H22Cl2N2O6. The van der Waals surface area contributed by atoms with E-state index < -0.39 is 17.2 Å². The highest BCUT2D eigenvalue weighted by molar-refractivity contribution is 6.38. The van der Waals surface area contributed by atoms with E-state index in [0.29, 0.717) is 23.7 Å². The van der Waals surface area contributed by atoms with Crippen LogP contribution in [0.1, 0.15) is 52.4 Å². The lowest BCUT2D eigenvalue weighted by atomic mass is 9.97. The Morgan fingerprint density at radius 3 is 2.56 bits per heavy atom. The summed E-state index contributed by atoms with van der Waals surface area (Å²) in [5.74, 6) is 0.0902. The number of carbonyl (C=O) groups is 1. The van der Waals surface area contributed by atoms with Crippen molar-refractivity contribution >= 4 is 29.0 Å². The Bertz CT molecular complexity index is 1440. The van der Waals surface area contributed by atoms with Crippen molar-refractivity contribution in [3.05, 3.63) is 78.5 Å². The summed E-state index contributed by atoms with van der Waals surface area (Å²) in [4.78, 5) is 26.5. The summed E-state index contributed by atoms with van der Waals surface area (Å²) < 4.78 is 17.3. The first-order valence-electron chi connectivity index (χ1n) is 11.2. The first-order chi connectivity index (χ1) is 17.3. The van der Waals surface area contributed by atoms with Gasteiger partial charge in [0.15, 0.2) is 23.0 Å². The van der Waals surface area contributed by atoms with Crippen molar-refractivity contribution < 1.29 is 24.1 Å². The van der Waals surface area contributed by atoms with E-state index in [1.807, 2.05) is 13.0 Å². The van der Waals surface area contributed by atoms with Crippen LogP contribution in [0.15, 0.2) is 35.1 Å². The minimum absolute atomic E-state index is 0.0578. The van der Waals surface area contributed by atoms with Gasteiger partial charge in [-0.1, -0.05) is 42.6 Å². The normalized spacial score (nSPS) is 11.9. The molecule has 0 fully saturated rings. The molecule has 1 aliphatic rings. The molecule has 0 saturated heterocycles. The highest BCUT2D eigenvalue weighted by atomic mass is 35.5.